The van der Waals surface area contributed by atoms with E-state index in [1.54, 1.807) is 0 Å². The van der Waals surface area contributed by atoms with Crippen molar-refractivity contribution in [2.75, 3.05) is 10.2 Å². The van der Waals surface area contributed by atoms with Crippen LogP contribution in [0.25, 0.3) is 0 Å². The van der Waals surface area contributed by atoms with Crippen LogP contribution in [0.15, 0.2) is 66.7 Å². The molecule has 3 aromatic carbocycles. The molecule has 2 aliphatic rings. The lowest BCUT2D eigenvalue weighted by atomic mass is 9.78. The van der Waals surface area contributed by atoms with Crippen LogP contribution in [-0.2, 0) is 4.79 Å². The van der Waals surface area contributed by atoms with Crippen LogP contribution >= 0.6 is 12.2 Å². The third-order valence-electron chi connectivity index (χ3n) is 6.62. The maximum absolute atomic E-state index is 13.9. The molecule has 0 aliphatic carbocycles. The second kappa shape index (κ2) is 7.89. The van der Waals surface area contributed by atoms with Gasteiger partial charge in [-0.3, -0.25) is 9.69 Å². The Morgan fingerprint density at radius 2 is 1.73 bits per heavy atom. The molecule has 0 radical (unpaired) electrons. The Bertz CT molecular complexity index is 1260. The van der Waals surface area contributed by atoms with E-state index in [0.29, 0.717) is 5.11 Å². The van der Waals surface area contributed by atoms with E-state index in [1.807, 2.05) is 93.3 Å². The fourth-order valence-electron chi connectivity index (χ4n) is 4.98. The van der Waals surface area contributed by atoms with Crippen LogP contribution in [0.1, 0.15) is 35.2 Å². The van der Waals surface area contributed by atoms with Gasteiger partial charge in [0.25, 0.3) is 0 Å². The number of thiocarbonyl (C=S) groups is 1. The Hall–Kier alpha value is -3.38. The predicted molar refractivity (Wildman–Crippen MR) is 136 cm³/mol. The minimum Gasteiger partial charge on any atom is -0.467 e. The van der Waals surface area contributed by atoms with E-state index in [9.17, 15) is 4.79 Å². The largest absolute Gasteiger partial charge is 0.467 e. The monoisotopic (exact) mass is 457 g/mol. The number of carbonyl (C=O) groups is 1. The minimum atomic E-state index is -1.01. The fourth-order valence-corrected chi connectivity index (χ4v) is 5.39. The molecule has 33 heavy (non-hydrogen) atoms. The van der Waals surface area contributed by atoms with E-state index in [1.165, 1.54) is 0 Å². The number of rotatable bonds is 3. The molecule has 5 rings (SSSR count). The topological polar surface area (TPSA) is 53.6 Å². The molecule has 3 atom stereocenters. The molecule has 0 unspecified atom stereocenters. The molecule has 5 nitrogen and oxygen atoms in total. The van der Waals surface area contributed by atoms with Crippen molar-refractivity contribution in [1.82, 2.24) is 5.32 Å². The third kappa shape index (κ3) is 3.55. The number of nitrogens with zero attached hydrogens (tertiary/aromatic N) is 1. The summed E-state index contributed by atoms with van der Waals surface area (Å²) in [6.07, 6.45) is 0. The first-order chi connectivity index (χ1) is 15.8. The third-order valence-corrected chi connectivity index (χ3v) is 6.92. The van der Waals surface area contributed by atoms with Gasteiger partial charge in [-0.15, -0.1) is 0 Å². The summed E-state index contributed by atoms with van der Waals surface area (Å²) in [5.41, 5.74) is 4.92. The van der Waals surface area contributed by atoms with E-state index in [2.05, 4.69) is 16.7 Å². The van der Waals surface area contributed by atoms with Gasteiger partial charge in [0, 0.05) is 16.9 Å². The number of hydrogen-bond acceptors (Lipinski definition) is 3. The number of nitrogens with one attached hydrogen (secondary N) is 2. The molecule has 0 saturated carbocycles. The van der Waals surface area contributed by atoms with Gasteiger partial charge in [0.05, 0.1) is 6.04 Å². The summed E-state index contributed by atoms with van der Waals surface area (Å²) in [6, 6.07) is 21.7. The molecule has 2 aliphatic heterocycles. The van der Waals surface area contributed by atoms with Crippen LogP contribution in [0.2, 0.25) is 0 Å². The molecule has 2 N–H and O–H groups in total. The maximum Gasteiger partial charge on any atom is 0.236 e. The molecule has 1 amide bonds. The van der Waals surface area contributed by atoms with Gasteiger partial charge in [-0.05, 0) is 69.7 Å². The van der Waals surface area contributed by atoms with Crippen molar-refractivity contribution in [3.05, 3.63) is 89.0 Å². The summed E-state index contributed by atoms with van der Waals surface area (Å²) >= 11 is 5.80. The summed E-state index contributed by atoms with van der Waals surface area (Å²) in [5.74, 6) is 0.0878. The van der Waals surface area contributed by atoms with Crippen LogP contribution in [-0.4, -0.2) is 16.7 Å². The molecule has 3 aromatic rings. The van der Waals surface area contributed by atoms with Crippen LogP contribution in [0.3, 0.4) is 0 Å². The zero-order valence-electron chi connectivity index (χ0n) is 19.2. The van der Waals surface area contributed by atoms with Crippen molar-refractivity contribution < 1.29 is 9.53 Å². The highest BCUT2D eigenvalue weighted by molar-refractivity contribution is 7.80. The van der Waals surface area contributed by atoms with Crippen LogP contribution < -0.4 is 20.3 Å². The van der Waals surface area contributed by atoms with E-state index < -0.39 is 11.6 Å². The summed E-state index contributed by atoms with van der Waals surface area (Å²) in [4.78, 5) is 15.8. The number of amides is 1. The van der Waals surface area contributed by atoms with Crippen molar-refractivity contribution in [3.63, 3.8) is 0 Å². The highest BCUT2D eigenvalue weighted by Crippen LogP contribution is 2.49. The molecule has 168 valence electrons. The quantitative estimate of drug-likeness (QED) is 0.515. The molecule has 2 bridgehead atoms. The Labute approximate surface area is 199 Å². The standard InChI is InChI=1S/C27H27N3O2S/c1-16-9-12-19(13-10-16)30-26(33)29-24-20-7-5-6-8-22(20)32-27(30,4)23(24)25(31)28-21-14-11-17(2)15-18(21)3/h5-15,23-24H,1-4H3,(H,28,31)(H,29,33)/t23-,24+,27-/m0/s1. The number of para-hydroxylation sites is 1. The number of hydrogen-bond donors (Lipinski definition) is 2. The van der Waals surface area contributed by atoms with E-state index in [-0.39, 0.29) is 11.9 Å². The van der Waals surface area contributed by atoms with Gasteiger partial charge in [0.15, 0.2) is 10.8 Å². The van der Waals surface area contributed by atoms with Gasteiger partial charge in [-0.1, -0.05) is 53.6 Å². The van der Waals surface area contributed by atoms with Gasteiger partial charge < -0.3 is 15.4 Å². The van der Waals surface area contributed by atoms with Crippen molar-refractivity contribution in [3.8, 4) is 5.75 Å². The maximum atomic E-state index is 13.9. The number of carbonyl (C=O) groups excluding carboxylic acids is 1. The first-order valence-electron chi connectivity index (χ1n) is 11.1. The minimum absolute atomic E-state index is 0.115. The molecule has 6 heteroatoms. The Balaban J connectivity index is 1.61. The average Bonchev–Trinajstić information content (AvgIpc) is 2.76. The first kappa shape index (κ1) is 21.5. The molecular weight excluding hydrogens is 430 g/mol. The molecular formula is C27H27N3O2S. The zero-order chi connectivity index (χ0) is 23.3. The summed E-state index contributed by atoms with van der Waals surface area (Å²) in [5, 5.41) is 7.15. The Morgan fingerprint density at radius 1 is 1.03 bits per heavy atom. The number of ether oxygens (including phenoxy) is 1. The van der Waals surface area contributed by atoms with Crippen molar-refractivity contribution >= 4 is 34.6 Å². The number of fused-ring (bicyclic) bond motifs is 4. The lowest BCUT2D eigenvalue weighted by molar-refractivity contribution is -0.130. The molecule has 2 heterocycles. The van der Waals surface area contributed by atoms with Gasteiger partial charge in [-0.25, -0.2) is 0 Å². The van der Waals surface area contributed by atoms with Crippen molar-refractivity contribution in [1.29, 1.82) is 0 Å². The highest BCUT2D eigenvalue weighted by atomic mass is 32.1. The van der Waals surface area contributed by atoms with Gasteiger partial charge in [0.2, 0.25) is 5.91 Å². The second-order valence-electron chi connectivity index (χ2n) is 9.08. The summed E-state index contributed by atoms with van der Waals surface area (Å²) in [7, 11) is 0. The van der Waals surface area contributed by atoms with E-state index in [4.69, 9.17) is 17.0 Å². The second-order valence-corrected chi connectivity index (χ2v) is 9.46. The molecule has 1 fully saturated rings. The first-order valence-corrected chi connectivity index (χ1v) is 11.5. The predicted octanol–water partition coefficient (Wildman–Crippen LogP) is 5.41. The molecule has 0 spiro atoms. The smallest absolute Gasteiger partial charge is 0.236 e. The number of benzene rings is 3. The summed E-state index contributed by atoms with van der Waals surface area (Å²) < 4.78 is 6.62. The van der Waals surface area contributed by atoms with Crippen molar-refractivity contribution in [2.45, 2.75) is 39.5 Å². The SMILES string of the molecule is Cc1ccc(N2C(=S)N[C@@H]3c4ccccc4O[C@@]2(C)[C@@H]3C(=O)Nc2ccc(C)cc2C)cc1. The fraction of sp³-hybridized carbons (Fsp3) is 0.259. The van der Waals surface area contributed by atoms with Crippen LogP contribution in [0.5, 0.6) is 5.75 Å². The normalized spacial score (nSPS) is 23.3. The van der Waals surface area contributed by atoms with E-state index in [0.717, 1.165) is 39.4 Å². The zero-order valence-corrected chi connectivity index (χ0v) is 20.0. The van der Waals surface area contributed by atoms with Crippen LogP contribution in [0, 0.1) is 26.7 Å². The lowest BCUT2D eigenvalue weighted by Crippen LogP contribution is -2.72. The molecule has 1 saturated heterocycles. The average molecular weight is 458 g/mol. The lowest BCUT2D eigenvalue weighted by Gasteiger charge is -2.56. The van der Waals surface area contributed by atoms with Crippen LogP contribution in [0.4, 0.5) is 11.4 Å². The highest BCUT2D eigenvalue weighted by Gasteiger charge is 2.59. The van der Waals surface area contributed by atoms with Crippen molar-refractivity contribution in [2.24, 2.45) is 5.92 Å². The van der Waals surface area contributed by atoms with E-state index >= 15 is 0 Å². The van der Waals surface area contributed by atoms with Gasteiger partial charge >= 0.3 is 0 Å². The number of aryl methyl sites for hydroxylation is 3. The number of anilines is 2. The van der Waals surface area contributed by atoms with Gasteiger partial charge in [0.1, 0.15) is 11.7 Å². The Kier molecular flexibility index (Phi) is 5.13. The van der Waals surface area contributed by atoms with Gasteiger partial charge in [-0.2, -0.15) is 0 Å². The Morgan fingerprint density at radius 3 is 2.45 bits per heavy atom. The molecule has 0 aromatic heterocycles. The summed E-state index contributed by atoms with van der Waals surface area (Å²) in [6.45, 7) is 8.04.